The van der Waals surface area contributed by atoms with Gasteiger partial charge in [-0.05, 0) is 111 Å². The van der Waals surface area contributed by atoms with Crippen molar-refractivity contribution in [1.29, 1.82) is 0 Å². The monoisotopic (exact) mass is 1620 g/mol. The number of aliphatic hydroxyl groups is 9. The molecule has 3 saturated heterocycles. The van der Waals surface area contributed by atoms with Crippen molar-refractivity contribution in [2.24, 2.45) is 0 Å². The molecule has 0 aromatic carbocycles. The van der Waals surface area contributed by atoms with Crippen LogP contribution in [0.2, 0.25) is 0 Å². The van der Waals surface area contributed by atoms with Crippen molar-refractivity contribution in [2.75, 3.05) is 65.9 Å². The standard InChI is InChI=1S/C81H150N8O24/c1-56(93)85-67-73(102)70(99)61(53-90)111-78(67)107-49-37-25-18-12-7-9-15-21-29-43-64(96)82-46-35-32-41-59(76(105)84-48-34-24-28-40-52-110-81(4,5)6)89-77(106)60(88-66(98)45-31-23-17-10-8-13-19-26-38-50-108-79-68(86-57(2)94)74(103)71(100)62(54-91)112-79)42-33-36-47-83-65(97)44-30-22-16-11-14-20-27-39-51-109-80-69(87-58(3)95)75(104)72(101)63(55-92)113-80/h59-63,67-75,78-80,90-92,99-104H,7-55H2,1-6H3,(H,82,96)(H,83,97)(H,84,105)(H,85,93)(H,86,94)(H,87,95)(H,88,98)(H,89,106). The lowest BCUT2D eigenvalue weighted by molar-refractivity contribution is -0.270. The maximum Gasteiger partial charge on any atom is 0.243 e. The van der Waals surface area contributed by atoms with E-state index in [4.69, 9.17) is 33.2 Å². The summed E-state index contributed by atoms with van der Waals surface area (Å²) in [4.78, 5) is 103. The second kappa shape index (κ2) is 61.4. The number of carbonyl (C=O) groups is 8. The summed E-state index contributed by atoms with van der Waals surface area (Å²) in [6.45, 7) is 11.2. The van der Waals surface area contributed by atoms with Crippen LogP contribution in [0.15, 0.2) is 0 Å². The number of ether oxygens (including phenoxy) is 7. The summed E-state index contributed by atoms with van der Waals surface area (Å²) in [7, 11) is 0. The van der Waals surface area contributed by atoms with E-state index in [-0.39, 0.29) is 42.1 Å². The Balaban J connectivity index is 1.47. The van der Waals surface area contributed by atoms with Gasteiger partial charge >= 0.3 is 0 Å². The van der Waals surface area contributed by atoms with Crippen LogP contribution >= 0.6 is 0 Å². The first-order valence-electron chi connectivity index (χ1n) is 42.8. The van der Waals surface area contributed by atoms with Crippen molar-refractivity contribution in [3.8, 4) is 0 Å². The molecule has 3 aliphatic rings. The fraction of sp³-hybridized carbons (Fsp3) is 0.901. The quantitative estimate of drug-likeness (QED) is 0.0379. The van der Waals surface area contributed by atoms with Gasteiger partial charge in [0.2, 0.25) is 47.3 Å². The SMILES string of the molecule is CC(=O)NC1C(OCCCCCCCCCCCC(=O)NCCCCC(NC(=O)C(CCCCNC(=O)CCCCCCCCCCOC2OC(CO)C(O)C(O)C2NC(C)=O)NC(=O)CCCCCCCCCCCOC2OC(CO)C(O)C(O)C2NC(C)=O)C(=O)NCCCCCCOC(C)(C)C)OC(CO)C(O)C1O. The van der Waals surface area contributed by atoms with Crippen molar-refractivity contribution in [1.82, 2.24) is 42.5 Å². The number of hydrogen-bond donors (Lipinski definition) is 17. The fourth-order valence-corrected chi connectivity index (χ4v) is 14.1. The zero-order chi connectivity index (χ0) is 83.2. The molecule has 0 aromatic rings. The van der Waals surface area contributed by atoms with E-state index in [1.807, 2.05) is 20.8 Å². The van der Waals surface area contributed by atoms with Gasteiger partial charge < -0.3 is 122 Å². The van der Waals surface area contributed by atoms with E-state index < -0.39 is 147 Å². The van der Waals surface area contributed by atoms with Crippen molar-refractivity contribution < 1.29 is 117 Å². The molecule has 3 aliphatic heterocycles. The number of carbonyl (C=O) groups excluding carboxylic acids is 8. The van der Waals surface area contributed by atoms with E-state index >= 15 is 0 Å². The molecule has 17 unspecified atom stereocenters. The molecule has 0 saturated carbocycles. The van der Waals surface area contributed by atoms with Gasteiger partial charge in [-0.15, -0.1) is 0 Å². The second-order valence-electron chi connectivity index (χ2n) is 31.9. The summed E-state index contributed by atoms with van der Waals surface area (Å²) < 4.78 is 40.3. The van der Waals surface area contributed by atoms with Gasteiger partial charge in [0, 0.05) is 86.1 Å². The molecule has 0 aliphatic carbocycles. The predicted molar refractivity (Wildman–Crippen MR) is 423 cm³/mol. The highest BCUT2D eigenvalue weighted by Crippen LogP contribution is 2.27. The minimum absolute atomic E-state index is 0.0442. The van der Waals surface area contributed by atoms with Gasteiger partial charge in [0.1, 0.15) is 85.1 Å². The Morgan fingerprint density at radius 2 is 0.602 bits per heavy atom. The normalized spacial score (nSPS) is 24.4. The number of nitrogens with one attached hydrogen (secondary N) is 8. The summed E-state index contributed by atoms with van der Waals surface area (Å²) in [5, 5.41) is 114. The molecule has 0 bridgehead atoms. The van der Waals surface area contributed by atoms with Crippen molar-refractivity contribution in [2.45, 2.75) is 402 Å². The molecular weight excluding hydrogens is 1470 g/mol. The van der Waals surface area contributed by atoms with Crippen LogP contribution in [0.3, 0.4) is 0 Å². The molecule has 0 aromatic heterocycles. The summed E-state index contributed by atoms with van der Waals surface area (Å²) in [6, 6.07) is -4.77. The first-order valence-corrected chi connectivity index (χ1v) is 42.8. The maximum absolute atomic E-state index is 14.4. The lowest BCUT2D eigenvalue weighted by Gasteiger charge is -2.42. The highest BCUT2D eigenvalue weighted by atomic mass is 16.7. The zero-order valence-corrected chi connectivity index (χ0v) is 69.1. The molecule has 658 valence electrons. The minimum atomic E-state index is -1.38. The van der Waals surface area contributed by atoms with Gasteiger partial charge in [-0.1, -0.05) is 141 Å². The van der Waals surface area contributed by atoms with E-state index in [0.717, 1.165) is 173 Å². The number of hydrogen-bond acceptors (Lipinski definition) is 24. The summed E-state index contributed by atoms with van der Waals surface area (Å²) in [5.41, 5.74) is -0.222. The Morgan fingerprint density at radius 3 is 0.920 bits per heavy atom. The first kappa shape index (κ1) is 102. The Labute approximate surface area is 672 Å². The Bertz CT molecular complexity index is 2580. The molecule has 113 heavy (non-hydrogen) atoms. The van der Waals surface area contributed by atoms with Crippen molar-refractivity contribution in [3.63, 3.8) is 0 Å². The van der Waals surface area contributed by atoms with E-state index in [1.54, 1.807) is 0 Å². The number of amides is 8. The molecule has 0 radical (unpaired) electrons. The Kier molecular flexibility index (Phi) is 55.6. The van der Waals surface area contributed by atoms with E-state index in [1.165, 1.54) is 20.8 Å². The van der Waals surface area contributed by atoms with Gasteiger partial charge in [0.25, 0.3) is 0 Å². The van der Waals surface area contributed by atoms with Gasteiger partial charge in [0.15, 0.2) is 18.9 Å². The van der Waals surface area contributed by atoms with Gasteiger partial charge in [-0.25, -0.2) is 0 Å². The van der Waals surface area contributed by atoms with Crippen LogP contribution in [-0.2, 0) is 71.5 Å². The minimum Gasteiger partial charge on any atom is -0.394 e. The fourth-order valence-electron chi connectivity index (χ4n) is 14.1. The van der Waals surface area contributed by atoms with Crippen molar-refractivity contribution >= 4 is 47.3 Å². The second-order valence-corrected chi connectivity index (χ2v) is 31.9. The lowest BCUT2D eigenvalue weighted by Crippen LogP contribution is -2.64. The van der Waals surface area contributed by atoms with E-state index in [2.05, 4.69) is 42.5 Å². The third-order valence-electron chi connectivity index (χ3n) is 20.7. The zero-order valence-electron chi connectivity index (χ0n) is 69.1. The van der Waals surface area contributed by atoms with Crippen LogP contribution in [0.25, 0.3) is 0 Å². The summed E-state index contributed by atoms with van der Waals surface area (Å²) >= 11 is 0. The van der Waals surface area contributed by atoms with Crippen molar-refractivity contribution in [3.05, 3.63) is 0 Å². The molecule has 17 N–H and O–H groups in total. The molecule has 3 heterocycles. The highest BCUT2D eigenvalue weighted by molar-refractivity contribution is 5.92. The van der Waals surface area contributed by atoms with Gasteiger partial charge in [-0.3, -0.25) is 38.4 Å². The molecule has 3 fully saturated rings. The summed E-state index contributed by atoms with van der Waals surface area (Å²) in [5.74, 6) is -2.42. The number of unbranched alkanes of at least 4 members (excludes halogenated alkanes) is 28. The third-order valence-corrected chi connectivity index (χ3v) is 20.7. The Morgan fingerprint density at radius 1 is 0.327 bits per heavy atom. The molecule has 3 rings (SSSR count). The summed E-state index contributed by atoms with van der Waals surface area (Å²) in [6.07, 6.45) is 16.3. The number of aliphatic hydroxyl groups excluding tert-OH is 9. The molecule has 0 spiro atoms. The maximum atomic E-state index is 14.4. The molecule has 32 nitrogen and oxygen atoms in total. The largest absolute Gasteiger partial charge is 0.394 e. The smallest absolute Gasteiger partial charge is 0.243 e. The number of rotatable bonds is 65. The molecular formula is C81H150N8O24. The highest BCUT2D eigenvalue weighted by Gasteiger charge is 2.48. The van der Waals surface area contributed by atoms with Crippen LogP contribution in [0.1, 0.15) is 292 Å². The van der Waals surface area contributed by atoms with Gasteiger partial charge in [0.05, 0.1) is 25.4 Å². The van der Waals surface area contributed by atoms with Gasteiger partial charge in [-0.2, -0.15) is 0 Å². The molecule has 32 heteroatoms. The lowest BCUT2D eigenvalue weighted by atomic mass is 9.97. The average molecular weight is 1620 g/mol. The van der Waals surface area contributed by atoms with Crippen LogP contribution in [0.4, 0.5) is 0 Å². The van der Waals surface area contributed by atoms with E-state index in [0.29, 0.717) is 110 Å². The van der Waals surface area contributed by atoms with Crippen LogP contribution in [-0.4, -0.2) is 269 Å². The average Bonchev–Trinajstić information content (AvgIpc) is 0.820. The predicted octanol–water partition coefficient (Wildman–Crippen LogP) is 4.21. The van der Waals surface area contributed by atoms with Crippen LogP contribution < -0.4 is 42.5 Å². The Hall–Kier alpha value is -4.88. The molecule has 8 amide bonds. The topological polar surface area (TPSA) is 479 Å². The van der Waals surface area contributed by atoms with E-state index in [9.17, 15) is 84.3 Å². The van der Waals surface area contributed by atoms with Crippen LogP contribution in [0.5, 0.6) is 0 Å². The third kappa shape index (κ3) is 45.6. The van der Waals surface area contributed by atoms with Crippen LogP contribution in [0, 0.1) is 0 Å². The first-order chi connectivity index (χ1) is 54.2. The molecule has 17 atom stereocenters.